The Kier molecular flexibility index (Phi) is 3.72. The zero-order valence-corrected chi connectivity index (χ0v) is 14.4. The smallest absolute Gasteiger partial charge is 0.329 e. The molecule has 0 saturated carbocycles. The van der Waals surface area contributed by atoms with E-state index in [1.54, 1.807) is 0 Å². The number of nitrogens with zero attached hydrogens (tertiary/aromatic N) is 1. The van der Waals surface area contributed by atoms with Crippen molar-refractivity contribution in [2.45, 2.75) is 19.9 Å². The van der Waals surface area contributed by atoms with Crippen molar-refractivity contribution < 1.29 is 19.2 Å². The first kappa shape index (κ1) is 16.3. The van der Waals surface area contributed by atoms with Crippen LogP contribution in [-0.4, -0.2) is 28.8 Å². The van der Waals surface area contributed by atoms with E-state index in [9.17, 15) is 14.4 Å². The third-order valence-electron chi connectivity index (χ3n) is 4.84. The second-order valence-electron chi connectivity index (χ2n) is 6.47. The Balaban J connectivity index is 1.85. The van der Waals surface area contributed by atoms with Gasteiger partial charge in [0, 0.05) is 30.9 Å². The summed E-state index contributed by atoms with van der Waals surface area (Å²) in [5, 5.41) is 1.09. The summed E-state index contributed by atoms with van der Waals surface area (Å²) >= 11 is 0. The molecule has 0 spiro atoms. The number of hydrogen-bond donors (Lipinski definition) is 0. The number of benzene rings is 1. The van der Waals surface area contributed by atoms with Crippen LogP contribution < -0.4 is 0 Å². The van der Waals surface area contributed by atoms with Gasteiger partial charge in [0.15, 0.2) is 5.78 Å². The van der Waals surface area contributed by atoms with Gasteiger partial charge in [-0.05, 0) is 16.7 Å². The van der Waals surface area contributed by atoms with Crippen LogP contribution in [0.5, 0.6) is 0 Å². The Morgan fingerprint density at radius 2 is 1.81 bits per heavy atom. The van der Waals surface area contributed by atoms with Gasteiger partial charge < -0.3 is 4.84 Å². The molecular formula is C21H17NO4. The van der Waals surface area contributed by atoms with Crippen LogP contribution in [0.15, 0.2) is 65.8 Å². The first-order valence-corrected chi connectivity index (χ1v) is 8.42. The number of hydrogen-bond acceptors (Lipinski definition) is 4. The number of carbonyl (C=O) groups is 3. The van der Waals surface area contributed by atoms with E-state index in [1.165, 1.54) is 13.8 Å². The van der Waals surface area contributed by atoms with Crippen LogP contribution >= 0.6 is 0 Å². The van der Waals surface area contributed by atoms with Gasteiger partial charge in [-0.1, -0.05) is 54.6 Å². The Hall–Kier alpha value is -3.21. The minimum absolute atomic E-state index is 0.0235. The molecule has 0 N–H and O–H groups in total. The molecule has 0 saturated heterocycles. The van der Waals surface area contributed by atoms with E-state index in [1.807, 2.05) is 54.6 Å². The molecule has 1 aromatic carbocycles. The molecule has 5 heteroatoms. The van der Waals surface area contributed by atoms with Crippen molar-refractivity contribution in [2.75, 3.05) is 0 Å². The molecule has 130 valence electrons. The van der Waals surface area contributed by atoms with Gasteiger partial charge in [0.25, 0.3) is 5.91 Å². The number of Topliss-reactive ketones (excluding diaryl/α,β-unsaturated/α-hetero) is 1. The Morgan fingerprint density at radius 1 is 1.08 bits per heavy atom. The molecular weight excluding hydrogens is 330 g/mol. The molecule has 0 fully saturated rings. The third-order valence-corrected chi connectivity index (χ3v) is 4.84. The number of hydroxylamine groups is 2. The highest BCUT2D eigenvalue weighted by molar-refractivity contribution is 6.19. The molecule has 0 bridgehead atoms. The quantitative estimate of drug-likeness (QED) is 0.733. The largest absolute Gasteiger partial charge is 0.338 e. The van der Waals surface area contributed by atoms with Crippen LogP contribution in [0.4, 0.5) is 0 Å². The van der Waals surface area contributed by atoms with Crippen molar-refractivity contribution in [3.8, 4) is 0 Å². The van der Waals surface area contributed by atoms with Crippen molar-refractivity contribution in [3.63, 3.8) is 0 Å². The SMILES string of the molecule is CC(=O)ON(C(C)=O)C1C=CC2=C3C(=CC=CC31)C(=O)c1ccccc12. The lowest BCUT2D eigenvalue weighted by molar-refractivity contribution is -0.202. The fourth-order valence-electron chi connectivity index (χ4n) is 3.84. The minimum atomic E-state index is -0.561. The topological polar surface area (TPSA) is 63.7 Å². The number of carbonyl (C=O) groups excluding carboxylic acids is 3. The second kappa shape index (κ2) is 5.95. The van der Waals surface area contributed by atoms with Gasteiger partial charge >= 0.3 is 5.97 Å². The fourth-order valence-corrected chi connectivity index (χ4v) is 3.84. The van der Waals surface area contributed by atoms with Gasteiger partial charge in [-0.2, -0.15) is 5.06 Å². The summed E-state index contributed by atoms with van der Waals surface area (Å²) in [5.74, 6) is -1.21. The predicted molar refractivity (Wildman–Crippen MR) is 95.6 cm³/mol. The molecule has 1 aromatic rings. The van der Waals surface area contributed by atoms with E-state index >= 15 is 0 Å². The molecule has 2 unspecified atom stereocenters. The number of fused-ring (bicyclic) bond motifs is 2. The highest BCUT2D eigenvalue weighted by Crippen LogP contribution is 2.45. The molecule has 0 heterocycles. The normalized spacial score (nSPS) is 22.4. The van der Waals surface area contributed by atoms with Crippen LogP contribution in [0.3, 0.4) is 0 Å². The molecule has 3 aliphatic rings. The van der Waals surface area contributed by atoms with Crippen molar-refractivity contribution in [3.05, 3.63) is 76.9 Å². The van der Waals surface area contributed by atoms with Crippen molar-refractivity contribution in [1.82, 2.24) is 5.06 Å². The molecule has 1 amide bonds. The lowest BCUT2D eigenvalue weighted by Crippen LogP contribution is -2.45. The highest BCUT2D eigenvalue weighted by Gasteiger charge is 2.41. The van der Waals surface area contributed by atoms with Gasteiger partial charge in [0.1, 0.15) is 0 Å². The van der Waals surface area contributed by atoms with Crippen LogP contribution in [0, 0.1) is 5.92 Å². The molecule has 0 aliphatic heterocycles. The van der Waals surface area contributed by atoms with Gasteiger partial charge in [0.2, 0.25) is 0 Å². The van der Waals surface area contributed by atoms with Crippen molar-refractivity contribution in [1.29, 1.82) is 0 Å². The lowest BCUT2D eigenvalue weighted by Gasteiger charge is -2.39. The van der Waals surface area contributed by atoms with Crippen LogP contribution in [-0.2, 0) is 14.4 Å². The second-order valence-corrected chi connectivity index (χ2v) is 6.47. The first-order valence-electron chi connectivity index (χ1n) is 8.42. The minimum Gasteiger partial charge on any atom is -0.338 e. The van der Waals surface area contributed by atoms with Crippen molar-refractivity contribution >= 4 is 23.2 Å². The van der Waals surface area contributed by atoms with Gasteiger partial charge in [-0.15, -0.1) is 0 Å². The van der Waals surface area contributed by atoms with E-state index in [-0.39, 0.29) is 17.6 Å². The Labute approximate surface area is 150 Å². The van der Waals surface area contributed by atoms with Crippen molar-refractivity contribution in [2.24, 2.45) is 5.92 Å². The summed E-state index contributed by atoms with van der Waals surface area (Å²) in [6.45, 7) is 2.61. The maximum Gasteiger partial charge on any atom is 0.329 e. The Bertz CT molecular complexity index is 964. The zero-order valence-electron chi connectivity index (χ0n) is 14.4. The first-order chi connectivity index (χ1) is 12.5. The molecule has 4 rings (SSSR count). The summed E-state index contributed by atoms with van der Waals surface area (Å²) in [4.78, 5) is 41.6. The van der Waals surface area contributed by atoms with E-state index in [2.05, 4.69) is 0 Å². The number of ketones is 1. The maximum absolute atomic E-state index is 12.9. The summed E-state index contributed by atoms with van der Waals surface area (Å²) in [6, 6.07) is 7.03. The molecule has 0 radical (unpaired) electrons. The standard InChI is InChI=1S/C21H17NO4/c1-12(23)22(26-13(2)24)19-11-10-15-14-6-3-4-7-16(14)21(25)18-9-5-8-17(19)20(15)18/h3-11,17,19H,1-2H3. The van der Waals surface area contributed by atoms with Crippen LogP contribution in [0.2, 0.25) is 0 Å². The number of rotatable bonds is 1. The number of amides is 1. The maximum atomic E-state index is 12.9. The molecule has 3 aliphatic carbocycles. The summed E-state index contributed by atoms with van der Waals surface area (Å²) in [5.41, 5.74) is 4.05. The van der Waals surface area contributed by atoms with Gasteiger partial charge in [-0.25, -0.2) is 0 Å². The molecule has 0 aromatic heterocycles. The zero-order chi connectivity index (χ0) is 18.4. The van der Waals surface area contributed by atoms with Crippen LogP contribution in [0.25, 0.3) is 5.57 Å². The highest BCUT2D eigenvalue weighted by atomic mass is 16.7. The monoisotopic (exact) mass is 347 g/mol. The lowest BCUT2D eigenvalue weighted by atomic mass is 9.69. The summed E-state index contributed by atoms with van der Waals surface area (Å²) in [6.07, 6.45) is 9.34. The molecule has 2 atom stereocenters. The van der Waals surface area contributed by atoms with E-state index in [0.717, 1.165) is 21.8 Å². The van der Waals surface area contributed by atoms with E-state index in [4.69, 9.17) is 4.84 Å². The number of allylic oxidation sites excluding steroid dienone is 5. The van der Waals surface area contributed by atoms with Gasteiger partial charge in [0.05, 0.1) is 6.04 Å². The average molecular weight is 347 g/mol. The molecule has 26 heavy (non-hydrogen) atoms. The van der Waals surface area contributed by atoms with E-state index in [0.29, 0.717) is 11.1 Å². The molecule has 5 nitrogen and oxygen atoms in total. The van der Waals surface area contributed by atoms with Gasteiger partial charge in [-0.3, -0.25) is 14.4 Å². The van der Waals surface area contributed by atoms with E-state index < -0.39 is 12.0 Å². The van der Waals surface area contributed by atoms with Crippen LogP contribution in [0.1, 0.15) is 29.8 Å². The fraction of sp³-hybridized carbons (Fsp3) is 0.190. The Morgan fingerprint density at radius 3 is 2.50 bits per heavy atom. The predicted octanol–water partition coefficient (Wildman–Crippen LogP) is 3.01. The third kappa shape index (κ3) is 2.36. The average Bonchev–Trinajstić information content (AvgIpc) is 2.63. The summed E-state index contributed by atoms with van der Waals surface area (Å²) in [7, 11) is 0. The summed E-state index contributed by atoms with van der Waals surface area (Å²) < 4.78 is 0.